The first kappa shape index (κ1) is 30.0. The number of rotatable bonds is 16. The number of benzene rings is 1. The maximum absolute atomic E-state index is 11.4. The molecule has 0 saturated heterocycles. The van der Waals surface area contributed by atoms with Crippen LogP contribution in [0.25, 0.3) is 0 Å². The quantitative estimate of drug-likeness (QED) is 0.250. The van der Waals surface area contributed by atoms with Crippen molar-refractivity contribution in [3.05, 3.63) is 33.4 Å². The van der Waals surface area contributed by atoms with Crippen LogP contribution in [0.5, 0.6) is 0 Å². The smallest absolute Gasteiger partial charge is 0.217 e. The predicted molar refractivity (Wildman–Crippen MR) is 141 cm³/mol. The van der Waals surface area contributed by atoms with E-state index >= 15 is 0 Å². The molecule has 0 radical (unpaired) electrons. The zero-order valence-corrected chi connectivity index (χ0v) is 22.7. The Hall–Kier alpha value is -2.04. The highest BCUT2D eigenvalue weighted by Crippen LogP contribution is 2.46. The summed E-state index contributed by atoms with van der Waals surface area (Å²) >= 11 is 0. The van der Waals surface area contributed by atoms with Crippen molar-refractivity contribution >= 4 is 39.5 Å². The van der Waals surface area contributed by atoms with Gasteiger partial charge in [-0.15, -0.1) is 15.8 Å². The molecule has 1 rings (SSSR count). The molecule has 0 aromatic heterocycles. The van der Waals surface area contributed by atoms with E-state index < -0.39 is 15.8 Å². The molecule has 0 unspecified atom stereocenters. The van der Waals surface area contributed by atoms with Gasteiger partial charge in [0.2, 0.25) is 23.6 Å². The van der Waals surface area contributed by atoms with Gasteiger partial charge in [0.15, 0.2) is 0 Å². The summed E-state index contributed by atoms with van der Waals surface area (Å²) in [5, 5.41) is 0. The molecule has 8 nitrogen and oxygen atoms in total. The van der Waals surface area contributed by atoms with E-state index in [1.165, 1.54) is 33.4 Å². The fourth-order valence-electron chi connectivity index (χ4n) is 4.00. The predicted octanol–water partition coefficient (Wildman–Crippen LogP) is 2.39. The fourth-order valence-corrected chi connectivity index (χ4v) is 9.07. The van der Waals surface area contributed by atoms with Crippen molar-refractivity contribution < 1.29 is 19.2 Å². The largest absolute Gasteiger partial charge is 0.370 e. The minimum absolute atomic E-state index is 0.308. The minimum atomic E-state index is -0.612. The molecule has 8 N–H and O–H groups in total. The fraction of sp³-hybridized carbons (Fsp3) is 0.583. The van der Waals surface area contributed by atoms with Gasteiger partial charge in [-0.2, -0.15) is 0 Å². The van der Waals surface area contributed by atoms with Crippen molar-refractivity contribution in [2.75, 3.05) is 24.6 Å². The van der Waals surface area contributed by atoms with Crippen LogP contribution in [-0.2, 0) is 31.5 Å². The van der Waals surface area contributed by atoms with Crippen LogP contribution >= 0.6 is 15.8 Å². The second kappa shape index (κ2) is 14.4. The molecule has 0 spiro atoms. The van der Waals surface area contributed by atoms with Crippen molar-refractivity contribution in [2.24, 2.45) is 22.9 Å². The Balaban J connectivity index is 3.23. The van der Waals surface area contributed by atoms with Gasteiger partial charge in [-0.3, -0.25) is 19.2 Å². The summed E-state index contributed by atoms with van der Waals surface area (Å²) in [6.45, 7) is 8.47. The van der Waals surface area contributed by atoms with Gasteiger partial charge in [0.1, 0.15) is 0 Å². The van der Waals surface area contributed by atoms with Crippen LogP contribution in [0.15, 0.2) is 0 Å². The van der Waals surface area contributed by atoms with Crippen LogP contribution in [-0.4, -0.2) is 48.3 Å². The SMILES string of the molecule is Cc1c(C)c(CP(CCC(N)=O)CCC(N)=O)c(C)c(C)c1CP(CCC(N)=O)CCC(N)=O. The van der Waals surface area contributed by atoms with Gasteiger partial charge in [0, 0.05) is 25.7 Å². The molecule has 0 saturated carbocycles. The highest BCUT2D eigenvalue weighted by atomic mass is 31.1. The molecule has 10 heteroatoms. The van der Waals surface area contributed by atoms with Crippen molar-refractivity contribution in [3.63, 3.8) is 0 Å². The monoisotopic (exact) mass is 510 g/mol. The molecular formula is C24H40N4O4P2. The van der Waals surface area contributed by atoms with Crippen molar-refractivity contribution in [1.29, 1.82) is 0 Å². The number of hydrogen-bond donors (Lipinski definition) is 4. The third-order valence-corrected chi connectivity index (χ3v) is 11.3. The van der Waals surface area contributed by atoms with Crippen LogP contribution in [0.4, 0.5) is 0 Å². The Morgan fingerprint density at radius 3 is 0.882 bits per heavy atom. The molecule has 0 bridgehead atoms. The summed E-state index contributed by atoms with van der Waals surface area (Å²) in [6, 6.07) is 0. The molecule has 1 aromatic carbocycles. The van der Waals surface area contributed by atoms with Crippen LogP contribution < -0.4 is 22.9 Å². The van der Waals surface area contributed by atoms with Gasteiger partial charge >= 0.3 is 0 Å². The third-order valence-electron chi connectivity index (χ3n) is 6.40. The number of amides is 4. The van der Waals surface area contributed by atoms with E-state index in [1.807, 2.05) is 0 Å². The lowest BCUT2D eigenvalue weighted by Gasteiger charge is -2.26. The third kappa shape index (κ3) is 10.1. The van der Waals surface area contributed by atoms with Crippen molar-refractivity contribution in [2.45, 2.75) is 65.7 Å². The highest BCUT2D eigenvalue weighted by Gasteiger charge is 2.21. The Labute approximate surface area is 205 Å². The van der Waals surface area contributed by atoms with E-state index in [2.05, 4.69) is 27.7 Å². The minimum Gasteiger partial charge on any atom is -0.370 e. The average Bonchev–Trinajstić information content (AvgIpc) is 2.74. The van der Waals surface area contributed by atoms with Gasteiger partial charge < -0.3 is 22.9 Å². The van der Waals surface area contributed by atoms with Gasteiger partial charge in [-0.1, -0.05) is 0 Å². The first-order chi connectivity index (χ1) is 15.8. The first-order valence-electron chi connectivity index (χ1n) is 11.5. The van der Waals surface area contributed by atoms with E-state index in [1.54, 1.807) is 0 Å². The standard InChI is InChI=1S/C24H40N4O4P2/c1-15-16(2)20(14-34(11-7-23(27)31)12-8-24(28)32)18(4)17(3)19(15)13-33(9-5-21(25)29)10-6-22(26)30/h5-14H2,1-4H3,(H2,25,29)(H2,26,30)(H2,27,31)(H2,28,32). The summed E-state index contributed by atoms with van der Waals surface area (Å²) < 4.78 is 0. The Morgan fingerprint density at radius 1 is 0.500 bits per heavy atom. The zero-order chi connectivity index (χ0) is 26.0. The lowest BCUT2D eigenvalue weighted by atomic mass is 9.90. The topological polar surface area (TPSA) is 172 Å². The molecular weight excluding hydrogens is 470 g/mol. The van der Waals surface area contributed by atoms with Crippen molar-refractivity contribution in [1.82, 2.24) is 0 Å². The maximum atomic E-state index is 11.4. The van der Waals surface area contributed by atoms with Crippen LogP contribution in [0, 0.1) is 27.7 Å². The molecule has 1 aromatic rings. The average molecular weight is 511 g/mol. The second-order valence-corrected chi connectivity index (χ2v) is 14.0. The molecule has 4 amide bonds. The molecule has 0 fully saturated rings. The summed E-state index contributed by atoms with van der Waals surface area (Å²) in [6.07, 6.45) is 5.59. The Bertz CT molecular complexity index is 783. The highest BCUT2D eigenvalue weighted by molar-refractivity contribution is 7.57. The van der Waals surface area contributed by atoms with Gasteiger partial charge in [0.05, 0.1) is 0 Å². The summed E-state index contributed by atoms with van der Waals surface area (Å²) in [5.74, 6) is -1.32. The summed E-state index contributed by atoms with van der Waals surface area (Å²) in [4.78, 5) is 45.4. The Kier molecular flexibility index (Phi) is 12.7. The van der Waals surface area contributed by atoms with Gasteiger partial charge in [-0.25, -0.2) is 0 Å². The van der Waals surface area contributed by atoms with Gasteiger partial charge in [0.25, 0.3) is 0 Å². The second-order valence-electron chi connectivity index (χ2n) is 8.87. The summed E-state index contributed by atoms with van der Waals surface area (Å²) in [5.41, 5.74) is 28.9. The molecule has 0 aliphatic carbocycles. The van der Waals surface area contributed by atoms with E-state index in [0.717, 1.165) is 12.3 Å². The molecule has 0 aliphatic rings. The molecule has 0 aliphatic heterocycles. The molecule has 0 atom stereocenters. The van der Waals surface area contributed by atoms with Crippen molar-refractivity contribution in [3.8, 4) is 0 Å². The number of primary amides is 4. The normalized spacial score (nSPS) is 11.2. The number of hydrogen-bond acceptors (Lipinski definition) is 4. The lowest BCUT2D eigenvalue weighted by Crippen LogP contribution is -2.16. The van der Waals surface area contributed by atoms with Crippen LogP contribution in [0.3, 0.4) is 0 Å². The van der Waals surface area contributed by atoms with E-state index in [0.29, 0.717) is 50.3 Å². The van der Waals surface area contributed by atoms with Crippen LogP contribution in [0.1, 0.15) is 59.1 Å². The van der Waals surface area contributed by atoms with Gasteiger partial charge in [-0.05, 0) is 98.0 Å². The number of carbonyl (C=O) groups excluding carboxylic acids is 4. The zero-order valence-electron chi connectivity index (χ0n) is 20.9. The lowest BCUT2D eigenvalue weighted by molar-refractivity contribution is -0.118. The molecule has 190 valence electrons. The first-order valence-corrected chi connectivity index (χ1v) is 15.3. The van der Waals surface area contributed by atoms with E-state index in [9.17, 15) is 19.2 Å². The maximum Gasteiger partial charge on any atom is 0.217 e. The van der Waals surface area contributed by atoms with Crippen LogP contribution in [0.2, 0.25) is 0 Å². The Morgan fingerprint density at radius 2 is 0.706 bits per heavy atom. The number of nitrogens with two attached hydrogens (primary N) is 4. The molecule has 34 heavy (non-hydrogen) atoms. The number of carbonyl (C=O) groups is 4. The van der Waals surface area contributed by atoms with E-state index in [4.69, 9.17) is 22.9 Å². The summed E-state index contributed by atoms with van der Waals surface area (Å²) in [7, 11) is -1.22. The molecule has 0 heterocycles. The van der Waals surface area contributed by atoms with E-state index in [-0.39, 0.29) is 23.6 Å².